The summed E-state index contributed by atoms with van der Waals surface area (Å²) >= 11 is 0. The molecule has 0 radical (unpaired) electrons. The number of fused-ring (bicyclic) bond motifs is 3. The number of benzene rings is 2. The van der Waals surface area contributed by atoms with Gasteiger partial charge in [0.2, 0.25) is 0 Å². The lowest BCUT2D eigenvalue weighted by Gasteiger charge is -2.12. The highest BCUT2D eigenvalue weighted by Gasteiger charge is 2.20. The Morgan fingerprint density at radius 2 is 1.55 bits per heavy atom. The predicted molar refractivity (Wildman–Crippen MR) is 126 cm³/mol. The maximum Gasteiger partial charge on any atom is 0.159 e. The summed E-state index contributed by atoms with van der Waals surface area (Å²) < 4.78 is 2.05. The van der Waals surface area contributed by atoms with Crippen LogP contribution in [0.5, 0.6) is 0 Å². The van der Waals surface area contributed by atoms with E-state index in [2.05, 4.69) is 33.0 Å². The highest BCUT2D eigenvalue weighted by molar-refractivity contribution is 6.15. The molecule has 0 unspecified atom stereocenters. The van der Waals surface area contributed by atoms with Gasteiger partial charge in [0, 0.05) is 11.1 Å². The van der Waals surface area contributed by atoms with Crippen LogP contribution in [0.25, 0.3) is 5.69 Å². The molecule has 1 aliphatic rings. The zero-order chi connectivity index (χ0) is 23.4. The van der Waals surface area contributed by atoms with Crippen molar-refractivity contribution >= 4 is 11.5 Å². The lowest BCUT2D eigenvalue weighted by atomic mass is 9.99. The van der Waals surface area contributed by atoms with E-state index in [1.54, 1.807) is 0 Å². The van der Waals surface area contributed by atoms with Crippen LogP contribution in [0.15, 0.2) is 53.5 Å². The standard InChI is InChI=1S/C18H13N5.C3H6O.2C2H6/c1-12-21-22-17-11-20-18(14-8-6-13(10-19)7-9-14)15-4-2-3-5-16(15)23(12)17;1-3(2)4;2*1-2/h2-9H,11H2,1H3;1-2H3;2*1-2H3. The number of carbonyl (C=O) groups excluding carboxylic acids is 1. The van der Waals surface area contributed by atoms with Gasteiger partial charge >= 0.3 is 0 Å². The molecule has 6 nitrogen and oxygen atoms in total. The van der Waals surface area contributed by atoms with Crippen molar-refractivity contribution in [2.45, 2.75) is 55.0 Å². The molecule has 0 atom stereocenters. The Morgan fingerprint density at radius 1 is 0.968 bits per heavy atom. The fourth-order valence-corrected chi connectivity index (χ4v) is 2.88. The molecule has 31 heavy (non-hydrogen) atoms. The highest BCUT2D eigenvalue weighted by Crippen LogP contribution is 2.25. The van der Waals surface area contributed by atoms with E-state index >= 15 is 0 Å². The lowest BCUT2D eigenvalue weighted by molar-refractivity contribution is -0.114. The molecule has 0 spiro atoms. The number of nitriles is 1. The average molecular weight is 418 g/mol. The minimum atomic E-state index is 0.167. The first kappa shape index (κ1) is 25.4. The zero-order valence-electron chi connectivity index (χ0n) is 19.5. The molecule has 1 aliphatic heterocycles. The summed E-state index contributed by atoms with van der Waals surface area (Å²) in [7, 11) is 0. The Morgan fingerprint density at radius 3 is 2.13 bits per heavy atom. The van der Waals surface area contributed by atoms with Gasteiger partial charge in [0.1, 0.15) is 18.2 Å². The van der Waals surface area contributed by atoms with Gasteiger partial charge in [-0.25, -0.2) is 0 Å². The number of aromatic nitrogens is 3. The van der Waals surface area contributed by atoms with Crippen molar-refractivity contribution in [2.24, 2.45) is 4.99 Å². The number of Topliss-reactive ketones (excluding diaryl/α,β-unsaturated/α-hetero) is 1. The third kappa shape index (κ3) is 6.45. The van der Waals surface area contributed by atoms with Crippen molar-refractivity contribution in [1.29, 1.82) is 5.26 Å². The molecule has 4 rings (SSSR count). The van der Waals surface area contributed by atoms with Gasteiger partial charge in [0.25, 0.3) is 0 Å². The largest absolute Gasteiger partial charge is 0.300 e. The summed E-state index contributed by atoms with van der Waals surface area (Å²) in [4.78, 5) is 14.2. The Hall–Kier alpha value is -3.59. The second kappa shape index (κ2) is 12.9. The third-order valence-corrected chi connectivity index (χ3v) is 3.96. The number of para-hydroxylation sites is 1. The highest BCUT2D eigenvalue weighted by atomic mass is 16.1. The summed E-state index contributed by atoms with van der Waals surface area (Å²) in [6, 6.07) is 17.8. The van der Waals surface area contributed by atoms with Gasteiger partial charge in [-0.3, -0.25) is 9.56 Å². The SMILES string of the molecule is CC.CC.CC(C)=O.Cc1nnc2n1-c1ccccc1C(c1ccc(C#N)cc1)=NC2. The molecule has 0 fully saturated rings. The molecule has 3 aromatic rings. The van der Waals surface area contributed by atoms with Crippen molar-refractivity contribution in [3.05, 3.63) is 76.9 Å². The number of rotatable bonds is 1. The summed E-state index contributed by atoms with van der Waals surface area (Å²) in [5.74, 6) is 1.85. The summed E-state index contributed by atoms with van der Waals surface area (Å²) in [6.07, 6.45) is 0. The number of hydrogen-bond donors (Lipinski definition) is 0. The van der Waals surface area contributed by atoms with Crippen LogP contribution in [0.3, 0.4) is 0 Å². The van der Waals surface area contributed by atoms with Gasteiger partial charge in [-0.2, -0.15) is 5.26 Å². The predicted octanol–water partition coefficient (Wildman–Crippen LogP) is 5.45. The number of aryl methyl sites for hydroxylation is 1. The van der Waals surface area contributed by atoms with Crippen LogP contribution in [0, 0.1) is 18.3 Å². The number of aliphatic imine (C=N–C) groups is 1. The van der Waals surface area contributed by atoms with E-state index in [4.69, 9.17) is 10.3 Å². The Kier molecular flexibility index (Phi) is 10.6. The van der Waals surface area contributed by atoms with Crippen molar-refractivity contribution in [3.63, 3.8) is 0 Å². The quantitative estimate of drug-likeness (QED) is 0.527. The molecule has 0 N–H and O–H groups in total. The molecule has 0 aliphatic carbocycles. The van der Waals surface area contributed by atoms with E-state index in [0.29, 0.717) is 12.1 Å². The van der Waals surface area contributed by atoms with Gasteiger partial charge in [-0.05, 0) is 39.0 Å². The number of nitrogens with zero attached hydrogens (tertiary/aromatic N) is 5. The molecule has 2 heterocycles. The number of hydrogen-bond acceptors (Lipinski definition) is 5. The van der Waals surface area contributed by atoms with Gasteiger partial charge in [-0.15, -0.1) is 10.2 Å². The first-order valence-electron chi connectivity index (χ1n) is 10.5. The summed E-state index contributed by atoms with van der Waals surface area (Å²) in [5.41, 5.74) is 4.62. The molecular weight excluding hydrogens is 386 g/mol. The molecule has 0 saturated carbocycles. The Labute approximate surface area is 185 Å². The molecule has 1 aromatic heterocycles. The van der Waals surface area contributed by atoms with Crippen LogP contribution in [0.1, 0.15) is 69.9 Å². The maximum atomic E-state index is 9.44. The first-order valence-corrected chi connectivity index (χ1v) is 10.5. The van der Waals surface area contributed by atoms with Gasteiger partial charge in [-0.1, -0.05) is 58.0 Å². The molecule has 0 bridgehead atoms. The molecule has 162 valence electrons. The van der Waals surface area contributed by atoms with Gasteiger partial charge < -0.3 is 4.79 Å². The maximum absolute atomic E-state index is 9.44. The van der Waals surface area contributed by atoms with E-state index < -0.39 is 0 Å². The fraction of sp³-hybridized carbons (Fsp3) is 0.320. The molecule has 0 amide bonds. The second-order valence-electron chi connectivity index (χ2n) is 6.28. The van der Waals surface area contributed by atoms with Gasteiger partial charge in [0.05, 0.1) is 23.0 Å². The van der Waals surface area contributed by atoms with E-state index in [1.807, 2.05) is 71.0 Å². The summed E-state index contributed by atoms with van der Waals surface area (Å²) in [5, 5.41) is 17.4. The zero-order valence-corrected chi connectivity index (χ0v) is 19.5. The van der Waals surface area contributed by atoms with E-state index in [0.717, 1.165) is 34.2 Å². The average Bonchev–Trinajstić information content (AvgIpc) is 3.08. The van der Waals surface area contributed by atoms with Crippen LogP contribution in [-0.4, -0.2) is 26.3 Å². The Balaban J connectivity index is 0.000000532. The normalized spacial score (nSPS) is 10.6. The minimum absolute atomic E-state index is 0.167. The number of ketones is 1. The summed E-state index contributed by atoms with van der Waals surface area (Å²) in [6.45, 7) is 13.5. The van der Waals surface area contributed by atoms with Crippen molar-refractivity contribution in [1.82, 2.24) is 14.8 Å². The van der Waals surface area contributed by atoms with Crippen LogP contribution >= 0.6 is 0 Å². The van der Waals surface area contributed by atoms with Crippen LogP contribution in [0.2, 0.25) is 0 Å². The number of carbonyl (C=O) groups is 1. The minimum Gasteiger partial charge on any atom is -0.300 e. The molecular formula is C25H31N5O. The fourth-order valence-electron chi connectivity index (χ4n) is 2.88. The van der Waals surface area contributed by atoms with Crippen molar-refractivity contribution < 1.29 is 4.79 Å². The molecule has 0 saturated heterocycles. The monoisotopic (exact) mass is 417 g/mol. The van der Waals surface area contributed by atoms with Crippen molar-refractivity contribution in [3.8, 4) is 11.8 Å². The van der Waals surface area contributed by atoms with Gasteiger partial charge in [0.15, 0.2) is 5.82 Å². The molecule has 2 aromatic carbocycles. The lowest BCUT2D eigenvalue weighted by Crippen LogP contribution is -2.08. The van der Waals surface area contributed by atoms with E-state index in [-0.39, 0.29) is 5.78 Å². The van der Waals surface area contributed by atoms with E-state index in [1.165, 1.54) is 13.8 Å². The van der Waals surface area contributed by atoms with Crippen LogP contribution in [0.4, 0.5) is 0 Å². The van der Waals surface area contributed by atoms with Crippen LogP contribution in [-0.2, 0) is 11.3 Å². The molecule has 6 heteroatoms. The second-order valence-corrected chi connectivity index (χ2v) is 6.28. The Bertz CT molecular complexity index is 1050. The first-order chi connectivity index (χ1) is 15.0. The third-order valence-electron chi connectivity index (χ3n) is 3.96. The smallest absolute Gasteiger partial charge is 0.159 e. The van der Waals surface area contributed by atoms with Crippen molar-refractivity contribution in [2.75, 3.05) is 0 Å². The topological polar surface area (TPSA) is 83.9 Å². The van der Waals surface area contributed by atoms with E-state index in [9.17, 15) is 4.79 Å². The van der Waals surface area contributed by atoms with Crippen LogP contribution < -0.4 is 0 Å².